The van der Waals surface area contributed by atoms with Gasteiger partial charge in [0.1, 0.15) is 4.88 Å². The van der Waals surface area contributed by atoms with Gasteiger partial charge in [0.05, 0.1) is 5.69 Å². The summed E-state index contributed by atoms with van der Waals surface area (Å²) in [5.74, 6) is 0.231. The summed E-state index contributed by atoms with van der Waals surface area (Å²) < 4.78 is 3.89. The summed E-state index contributed by atoms with van der Waals surface area (Å²) in [6.07, 6.45) is 4.35. The molecule has 0 aliphatic heterocycles. The summed E-state index contributed by atoms with van der Waals surface area (Å²) in [5, 5.41) is 7.15. The molecule has 1 amide bonds. The van der Waals surface area contributed by atoms with E-state index < -0.39 is 0 Å². The van der Waals surface area contributed by atoms with Crippen LogP contribution in [0, 0.1) is 0 Å². The highest BCUT2D eigenvalue weighted by atomic mass is 79.9. The fraction of sp³-hybridized carbons (Fsp3) is 0.750. The maximum Gasteiger partial charge on any atom is 0.265 e. The maximum absolute atomic E-state index is 12.2. The van der Waals surface area contributed by atoms with Gasteiger partial charge in [0.25, 0.3) is 5.91 Å². The zero-order valence-corrected chi connectivity index (χ0v) is 13.1. The third-order valence-corrected chi connectivity index (χ3v) is 4.91. The first-order valence-electron chi connectivity index (χ1n) is 6.35. The van der Waals surface area contributed by atoms with Crippen molar-refractivity contribution in [3.05, 3.63) is 10.6 Å². The molecule has 4 nitrogen and oxygen atoms in total. The fourth-order valence-electron chi connectivity index (χ4n) is 2.18. The Balaban J connectivity index is 1.97. The van der Waals surface area contributed by atoms with Gasteiger partial charge in [-0.3, -0.25) is 4.79 Å². The van der Waals surface area contributed by atoms with Crippen molar-refractivity contribution in [2.24, 2.45) is 0 Å². The summed E-state index contributed by atoms with van der Waals surface area (Å²) in [6, 6.07) is 0.299. The number of alkyl halides is 1. The predicted molar refractivity (Wildman–Crippen MR) is 76.4 cm³/mol. The first-order valence-corrected chi connectivity index (χ1v) is 8.04. The summed E-state index contributed by atoms with van der Waals surface area (Å²) in [4.78, 5) is 13.5. The van der Waals surface area contributed by atoms with Crippen molar-refractivity contribution in [1.29, 1.82) is 0 Å². The van der Waals surface area contributed by atoms with E-state index in [0.29, 0.717) is 15.7 Å². The molecule has 1 heterocycles. The second-order valence-corrected chi connectivity index (χ2v) is 7.11. The average Bonchev–Trinajstić information content (AvgIpc) is 2.81. The van der Waals surface area contributed by atoms with Crippen LogP contribution in [0.3, 0.4) is 0 Å². The quantitative estimate of drug-likeness (QED) is 0.866. The van der Waals surface area contributed by atoms with Crippen LogP contribution in [-0.4, -0.2) is 26.4 Å². The van der Waals surface area contributed by atoms with Gasteiger partial charge in [-0.25, -0.2) is 0 Å². The summed E-state index contributed by atoms with van der Waals surface area (Å²) in [5.41, 5.74) is 0.812. The number of halogens is 1. The molecule has 18 heavy (non-hydrogen) atoms. The first kappa shape index (κ1) is 13.9. The molecule has 1 N–H and O–H groups in total. The van der Waals surface area contributed by atoms with Gasteiger partial charge in [-0.1, -0.05) is 34.3 Å². The SMILES string of the molecule is CC(C)c1nnsc1C(=O)NC1CCC(Br)CC1. The summed E-state index contributed by atoms with van der Waals surface area (Å²) in [6.45, 7) is 4.06. The number of carbonyl (C=O) groups is 1. The van der Waals surface area contributed by atoms with Crippen molar-refractivity contribution in [3.8, 4) is 0 Å². The molecule has 0 aromatic carbocycles. The zero-order valence-electron chi connectivity index (χ0n) is 10.6. The van der Waals surface area contributed by atoms with E-state index in [-0.39, 0.29) is 11.8 Å². The Morgan fingerprint density at radius 2 is 2.06 bits per heavy atom. The predicted octanol–water partition coefficient (Wildman–Crippen LogP) is 3.10. The van der Waals surface area contributed by atoms with E-state index in [2.05, 4.69) is 30.8 Å². The van der Waals surface area contributed by atoms with E-state index in [1.807, 2.05) is 13.8 Å². The summed E-state index contributed by atoms with van der Waals surface area (Å²) >= 11 is 4.81. The Bertz CT molecular complexity index is 413. The molecule has 1 aliphatic rings. The smallest absolute Gasteiger partial charge is 0.265 e. The minimum Gasteiger partial charge on any atom is -0.349 e. The molecule has 1 aliphatic carbocycles. The molecule has 0 bridgehead atoms. The number of aromatic nitrogens is 2. The lowest BCUT2D eigenvalue weighted by Crippen LogP contribution is -2.37. The van der Waals surface area contributed by atoms with E-state index in [1.54, 1.807) is 0 Å². The second-order valence-electron chi connectivity index (χ2n) is 5.06. The third kappa shape index (κ3) is 3.29. The van der Waals surface area contributed by atoms with Gasteiger partial charge in [-0.2, -0.15) is 0 Å². The van der Waals surface area contributed by atoms with Crippen molar-refractivity contribution in [2.45, 2.75) is 56.3 Å². The van der Waals surface area contributed by atoms with Crippen LogP contribution in [0.25, 0.3) is 0 Å². The monoisotopic (exact) mass is 331 g/mol. The van der Waals surface area contributed by atoms with Gasteiger partial charge >= 0.3 is 0 Å². The van der Waals surface area contributed by atoms with Crippen LogP contribution in [0.5, 0.6) is 0 Å². The lowest BCUT2D eigenvalue weighted by molar-refractivity contribution is 0.0931. The van der Waals surface area contributed by atoms with E-state index in [1.165, 1.54) is 11.5 Å². The molecule has 1 aromatic heterocycles. The molecule has 0 atom stereocenters. The number of nitrogens with zero attached hydrogens (tertiary/aromatic N) is 2. The standard InChI is InChI=1S/C12H18BrN3OS/c1-7(2)10-11(18-16-15-10)12(17)14-9-5-3-8(13)4-6-9/h7-9H,3-6H2,1-2H3,(H,14,17). The van der Waals surface area contributed by atoms with Crippen molar-refractivity contribution in [2.75, 3.05) is 0 Å². The first-order chi connectivity index (χ1) is 8.58. The number of carbonyl (C=O) groups excluding carboxylic acids is 1. The van der Waals surface area contributed by atoms with Crippen LogP contribution in [0.2, 0.25) is 0 Å². The van der Waals surface area contributed by atoms with Crippen LogP contribution in [0.15, 0.2) is 0 Å². The number of hydrogen-bond donors (Lipinski definition) is 1. The average molecular weight is 332 g/mol. The van der Waals surface area contributed by atoms with Crippen LogP contribution >= 0.6 is 27.5 Å². The molecule has 1 saturated carbocycles. The highest BCUT2D eigenvalue weighted by molar-refractivity contribution is 9.09. The summed E-state index contributed by atoms with van der Waals surface area (Å²) in [7, 11) is 0. The van der Waals surface area contributed by atoms with Crippen LogP contribution in [0.1, 0.15) is 60.8 Å². The molecule has 100 valence electrons. The molecule has 6 heteroatoms. The molecule has 0 unspecified atom stereocenters. The Hall–Kier alpha value is -0.490. The zero-order chi connectivity index (χ0) is 13.1. The largest absolute Gasteiger partial charge is 0.349 e. The van der Waals surface area contributed by atoms with E-state index in [9.17, 15) is 4.79 Å². The van der Waals surface area contributed by atoms with Gasteiger partial charge in [0, 0.05) is 10.9 Å². The van der Waals surface area contributed by atoms with Crippen LogP contribution in [0.4, 0.5) is 0 Å². The van der Waals surface area contributed by atoms with Crippen molar-refractivity contribution in [1.82, 2.24) is 14.9 Å². The number of nitrogens with one attached hydrogen (secondary N) is 1. The van der Waals surface area contributed by atoms with Gasteiger partial charge in [0.15, 0.2) is 0 Å². The molecule has 0 saturated heterocycles. The minimum absolute atomic E-state index is 0.00766. The fourth-order valence-corrected chi connectivity index (χ4v) is 3.43. The Kier molecular flexibility index (Phi) is 4.72. The number of rotatable bonds is 3. The molecule has 1 aromatic rings. The third-order valence-electron chi connectivity index (χ3n) is 3.26. The van der Waals surface area contributed by atoms with Gasteiger partial charge in [-0.05, 0) is 43.1 Å². The minimum atomic E-state index is -0.00766. The van der Waals surface area contributed by atoms with Crippen LogP contribution < -0.4 is 5.32 Å². The normalized spacial score (nSPS) is 24.2. The Labute approximate surface area is 120 Å². The molecule has 0 radical (unpaired) electrons. The van der Waals surface area contributed by atoms with Gasteiger partial charge in [-0.15, -0.1) is 5.10 Å². The van der Waals surface area contributed by atoms with Crippen molar-refractivity contribution in [3.63, 3.8) is 0 Å². The highest BCUT2D eigenvalue weighted by Crippen LogP contribution is 2.25. The molecular formula is C12H18BrN3OS. The van der Waals surface area contributed by atoms with Crippen molar-refractivity contribution < 1.29 is 4.79 Å². The van der Waals surface area contributed by atoms with E-state index in [0.717, 1.165) is 31.4 Å². The lowest BCUT2D eigenvalue weighted by atomic mass is 9.95. The molecular weight excluding hydrogens is 314 g/mol. The Morgan fingerprint density at radius 3 is 2.67 bits per heavy atom. The van der Waals surface area contributed by atoms with Crippen LogP contribution in [-0.2, 0) is 0 Å². The topological polar surface area (TPSA) is 54.9 Å². The number of hydrogen-bond acceptors (Lipinski definition) is 4. The number of amides is 1. The lowest BCUT2D eigenvalue weighted by Gasteiger charge is -2.25. The molecule has 0 spiro atoms. The highest BCUT2D eigenvalue weighted by Gasteiger charge is 2.24. The molecule has 1 fully saturated rings. The second kappa shape index (κ2) is 6.10. The molecule has 2 rings (SSSR count). The van der Waals surface area contributed by atoms with E-state index >= 15 is 0 Å². The van der Waals surface area contributed by atoms with E-state index in [4.69, 9.17) is 0 Å². The van der Waals surface area contributed by atoms with Crippen molar-refractivity contribution >= 4 is 33.4 Å². The Morgan fingerprint density at radius 1 is 1.39 bits per heavy atom. The van der Waals surface area contributed by atoms with Gasteiger partial charge in [0.2, 0.25) is 0 Å². The maximum atomic E-state index is 12.2. The van der Waals surface area contributed by atoms with Gasteiger partial charge < -0.3 is 5.32 Å².